The van der Waals surface area contributed by atoms with Crippen LogP contribution in [-0.2, 0) is 19.6 Å². The molecule has 0 N–H and O–H groups in total. The Bertz CT molecular complexity index is 505. The van der Waals surface area contributed by atoms with E-state index in [4.69, 9.17) is 0 Å². The summed E-state index contributed by atoms with van der Waals surface area (Å²) in [5.74, 6) is 1.70. The van der Waals surface area contributed by atoms with Crippen molar-refractivity contribution in [2.75, 3.05) is 17.3 Å². The normalized spacial score (nSPS) is 11.0. The molecule has 0 atom stereocenters. The number of hydrogen-bond acceptors (Lipinski definition) is 6. The molecule has 6 nitrogen and oxygen atoms in total. The van der Waals surface area contributed by atoms with Crippen molar-refractivity contribution in [3.8, 4) is 0 Å². The van der Waals surface area contributed by atoms with Crippen molar-refractivity contribution in [1.29, 1.82) is 0 Å². The van der Waals surface area contributed by atoms with E-state index < -0.39 is 17.1 Å². The largest absolute Gasteiger partial charge is 0.336 e. The maximum absolute atomic E-state index is 12.3. The van der Waals surface area contributed by atoms with Crippen LogP contribution in [0.4, 0.5) is 0 Å². The second-order valence-corrected chi connectivity index (χ2v) is 5.88. The fourth-order valence-electron chi connectivity index (χ4n) is 1.94. The minimum atomic E-state index is -0.546. The van der Waals surface area contributed by atoms with Crippen molar-refractivity contribution in [1.82, 2.24) is 13.7 Å². The van der Waals surface area contributed by atoms with E-state index in [-0.39, 0.29) is 19.6 Å². The molecule has 21 heavy (non-hydrogen) atoms. The minimum absolute atomic E-state index is 0.267. The molecule has 1 rings (SSSR count). The Morgan fingerprint density at radius 3 is 1.00 bits per heavy atom. The van der Waals surface area contributed by atoms with Crippen LogP contribution in [0.15, 0.2) is 14.4 Å². The van der Waals surface area contributed by atoms with Gasteiger partial charge in [-0.3, -0.25) is 0 Å². The van der Waals surface area contributed by atoms with Gasteiger partial charge in [0.15, 0.2) is 0 Å². The zero-order valence-electron chi connectivity index (χ0n) is 11.8. The van der Waals surface area contributed by atoms with E-state index in [0.29, 0.717) is 36.5 Å². The summed E-state index contributed by atoms with van der Waals surface area (Å²) in [5, 5.41) is 0. The summed E-state index contributed by atoms with van der Waals surface area (Å²) in [7, 11) is 0. The van der Waals surface area contributed by atoms with Gasteiger partial charge in [0.2, 0.25) is 0 Å². The van der Waals surface area contributed by atoms with Crippen LogP contribution in [-0.4, -0.2) is 31.0 Å². The van der Waals surface area contributed by atoms with Gasteiger partial charge in [0.25, 0.3) is 0 Å². The van der Waals surface area contributed by atoms with E-state index in [0.717, 1.165) is 13.7 Å². The van der Waals surface area contributed by atoms with Gasteiger partial charge in [0.1, 0.15) is 0 Å². The number of rotatable bonds is 9. The fourth-order valence-corrected chi connectivity index (χ4v) is 2.37. The zero-order chi connectivity index (χ0) is 15.8. The predicted molar refractivity (Wildman–Crippen MR) is 94.6 cm³/mol. The van der Waals surface area contributed by atoms with Crippen LogP contribution >= 0.6 is 37.9 Å². The van der Waals surface area contributed by atoms with Gasteiger partial charge in [-0.1, -0.05) is 0 Å². The Labute approximate surface area is 139 Å². The van der Waals surface area contributed by atoms with Gasteiger partial charge < -0.3 is 0 Å². The Kier molecular flexibility index (Phi) is 8.35. The molecular formula is C12H21N3O3S3. The first kappa shape index (κ1) is 18.5. The van der Waals surface area contributed by atoms with Crippen molar-refractivity contribution >= 4 is 37.9 Å². The molecule has 0 aliphatic carbocycles. The predicted octanol–water partition coefficient (Wildman–Crippen LogP) is 0.131. The van der Waals surface area contributed by atoms with Crippen LogP contribution < -0.4 is 17.1 Å². The number of hydrogen-bond donors (Lipinski definition) is 3. The van der Waals surface area contributed by atoms with Gasteiger partial charge in [0.05, 0.1) is 0 Å². The van der Waals surface area contributed by atoms with Gasteiger partial charge in [-0.2, -0.15) is 37.9 Å². The van der Waals surface area contributed by atoms with Crippen LogP contribution in [0, 0.1) is 0 Å². The number of nitrogens with zero attached hydrogens (tertiary/aromatic N) is 3. The Morgan fingerprint density at radius 2 is 0.810 bits per heavy atom. The van der Waals surface area contributed by atoms with Gasteiger partial charge in [-0.05, 0) is 36.5 Å². The Morgan fingerprint density at radius 1 is 0.571 bits per heavy atom. The maximum Gasteiger partial charge on any atom is 0.336 e. The van der Waals surface area contributed by atoms with Crippen molar-refractivity contribution < 1.29 is 0 Å². The molecule has 9 heteroatoms. The molecule has 1 aromatic heterocycles. The van der Waals surface area contributed by atoms with Gasteiger partial charge in [0, 0.05) is 19.6 Å². The van der Waals surface area contributed by atoms with Gasteiger partial charge >= 0.3 is 17.1 Å². The van der Waals surface area contributed by atoms with Crippen LogP contribution in [0.25, 0.3) is 0 Å². The average Bonchev–Trinajstić information content (AvgIpc) is 2.47. The SMILES string of the molecule is O=c1n(CCCS)c(=O)n(CCCS)c(=O)n1CCCS. The second kappa shape index (κ2) is 9.47. The highest BCUT2D eigenvalue weighted by Gasteiger charge is 2.14. The summed E-state index contributed by atoms with van der Waals surface area (Å²) in [6.45, 7) is 0.801. The molecular weight excluding hydrogens is 330 g/mol. The topological polar surface area (TPSA) is 66.0 Å². The maximum atomic E-state index is 12.3. The molecule has 1 heterocycles. The van der Waals surface area contributed by atoms with Crippen molar-refractivity contribution in [3.05, 3.63) is 31.5 Å². The molecule has 0 spiro atoms. The smallest absolute Gasteiger partial charge is 0.247 e. The first-order valence-electron chi connectivity index (χ1n) is 6.85. The number of thiol groups is 3. The zero-order valence-corrected chi connectivity index (χ0v) is 14.5. The van der Waals surface area contributed by atoms with E-state index in [1.54, 1.807) is 0 Å². The highest BCUT2D eigenvalue weighted by Crippen LogP contribution is 1.90. The average molecular weight is 352 g/mol. The molecule has 0 amide bonds. The molecule has 0 saturated heterocycles. The molecule has 0 aromatic carbocycles. The van der Waals surface area contributed by atoms with Crippen LogP contribution in [0.2, 0.25) is 0 Å². The molecule has 0 unspecified atom stereocenters. The van der Waals surface area contributed by atoms with Crippen LogP contribution in [0.1, 0.15) is 19.3 Å². The summed E-state index contributed by atoms with van der Waals surface area (Å²) in [6.07, 6.45) is 1.78. The van der Waals surface area contributed by atoms with E-state index in [2.05, 4.69) is 37.9 Å². The Hall–Kier alpha value is -0.540. The third kappa shape index (κ3) is 4.72. The molecule has 0 bridgehead atoms. The lowest BCUT2D eigenvalue weighted by Crippen LogP contribution is -2.54. The lowest BCUT2D eigenvalue weighted by atomic mass is 10.4. The first-order valence-corrected chi connectivity index (χ1v) is 8.75. The first-order chi connectivity index (χ1) is 10.1. The third-order valence-corrected chi connectivity index (χ3v) is 3.95. The Balaban J connectivity index is 3.39. The van der Waals surface area contributed by atoms with E-state index >= 15 is 0 Å². The minimum Gasteiger partial charge on any atom is -0.247 e. The highest BCUT2D eigenvalue weighted by molar-refractivity contribution is 7.80. The van der Waals surface area contributed by atoms with Gasteiger partial charge in [-0.15, -0.1) is 0 Å². The van der Waals surface area contributed by atoms with Gasteiger partial charge in [-0.25, -0.2) is 28.1 Å². The molecule has 0 fully saturated rings. The van der Waals surface area contributed by atoms with Crippen molar-refractivity contribution in [2.45, 2.75) is 38.9 Å². The second-order valence-electron chi connectivity index (χ2n) is 4.53. The number of aromatic nitrogens is 3. The van der Waals surface area contributed by atoms with Crippen molar-refractivity contribution in [3.63, 3.8) is 0 Å². The molecule has 0 radical (unpaired) electrons. The van der Waals surface area contributed by atoms with Crippen molar-refractivity contribution in [2.24, 2.45) is 0 Å². The van der Waals surface area contributed by atoms with Crippen LogP contribution in [0.5, 0.6) is 0 Å². The summed E-state index contributed by atoms with van der Waals surface area (Å²) in [5.41, 5.74) is -1.64. The molecule has 1 aromatic rings. The lowest BCUT2D eigenvalue weighted by Gasteiger charge is -2.13. The van der Waals surface area contributed by atoms with E-state index in [1.165, 1.54) is 0 Å². The molecule has 0 aliphatic rings. The summed E-state index contributed by atoms with van der Waals surface area (Å²) in [6, 6.07) is 0. The quantitative estimate of drug-likeness (QED) is 0.554. The third-order valence-electron chi connectivity index (χ3n) is 3.00. The summed E-state index contributed by atoms with van der Waals surface area (Å²) >= 11 is 12.3. The molecule has 0 saturated carbocycles. The summed E-state index contributed by atoms with van der Waals surface area (Å²) < 4.78 is 3.36. The molecule has 0 aliphatic heterocycles. The molecule has 120 valence electrons. The van der Waals surface area contributed by atoms with E-state index in [9.17, 15) is 14.4 Å². The monoisotopic (exact) mass is 351 g/mol. The highest BCUT2D eigenvalue weighted by atomic mass is 32.1. The summed E-state index contributed by atoms with van der Waals surface area (Å²) in [4.78, 5) is 36.9. The van der Waals surface area contributed by atoms with E-state index in [1.807, 2.05) is 0 Å². The lowest BCUT2D eigenvalue weighted by molar-refractivity contribution is 0.440. The van der Waals surface area contributed by atoms with Crippen LogP contribution in [0.3, 0.4) is 0 Å². The fraction of sp³-hybridized carbons (Fsp3) is 0.750. The standard InChI is InChI=1S/C12H21N3O3S3/c16-10-13(4-1-7-19)11(17)15(6-3-9-21)12(18)14(10)5-2-8-20/h19-21H,1-9H2.